The van der Waals surface area contributed by atoms with E-state index in [1.54, 1.807) is 31.2 Å². The Morgan fingerprint density at radius 2 is 1.93 bits per heavy atom. The average Bonchev–Trinajstić information content (AvgIpc) is 3.37. The number of para-hydroxylation sites is 1. The van der Waals surface area contributed by atoms with E-state index in [4.69, 9.17) is 5.73 Å². The molecule has 3 aromatic rings. The van der Waals surface area contributed by atoms with Crippen molar-refractivity contribution in [3.63, 3.8) is 0 Å². The van der Waals surface area contributed by atoms with Crippen LogP contribution in [0.25, 0.3) is 5.69 Å². The fourth-order valence-corrected chi connectivity index (χ4v) is 3.09. The third kappa shape index (κ3) is 3.60. The number of rotatable bonds is 5. The number of anilines is 2. The van der Waals surface area contributed by atoms with E-state index >= 15 is 0 Å². The Balaban J connectivity index is 1.60. The number of nitrogens with one attached hydrogen (secondary N) is 1. The Hall–Kier alpha value is -4.15. The molecule has 10 nitrogen and oxygen atoms in total. The number of amides is 2. The smallest absolute Gasteiger partial charge is 0.272 e. The number of nitrogens with two attached hydrogens (primary N) is 1. The van der Waals surface area contributed by atoms with Gasteiger partial charge < -0.3 is 11.1 Å². The van der Waals surface area contributed by atoms with Gasteiger partial charge in [0.05, 0.1) is 17.1 Å². The first kappa shape index (κ1) is 19.2. The molecule has 0 bridgehead atoms. The number of carbonyl (C=O) groups excluding carboxylic acids is 2. The van der Waals surface area contributed by atoms with Gasteiger partial charge in [0.2, 0.25) is 5.91 Å². The molecule has 2 aromatic carbocycles. The second-order valence-electron chi connectivity index (χ2n) is 6.61. The zero-order valence-electron chi connectivity index (χ0n) is 15.9. The summed E-state index contributed by atoms with van der Waals surface area (Å²) in [6, 6.07) is 12.2. The normalized spacial score (nSPS) is 15.7. The predicted molar refractivity (Wildman–Crippen MR) is 106 cm³/mol. The number of nitrogens with zero attached hydrogens (tertiary/aromatic N) is 6. The van der Waals surface area contributed by atoms with E-state index in [1.807, 2.05) is 6.07 Å². The lowest BCUT2D eigenvalue weighted by atomic mass is 10.1. The number of aromatic nitrogens is 4. The van der Waals surface area contributed by atoms with E-state index in [1.165, 1.54) is 27.9 Å². The average molecular weight is 408 g/mol. The zero-order valence-corrected chi connectivity index (χ0v) is 15.9. The molecule has 3 N–H and O–H groups in total. The maximum absolute atomic E-state index is 14.3. The number of hydrazone groups is 1. The van der Waals surface area contributed by atoms with Crippen molar-refractivity contribution in [2.24, 2.45) is 10.8 Å². The number of aryl methyl sites for hydroxylation is 1. The third-order valence-corrected chi connectivity index (χ3v) is 4.59. The van der Waals surface area contributed by atoms with Gasteiger partial charge in [0.25, 0.3) is 5.91 Å². The number of carbonyl (C=O) groups is 2. The molecule has 1 unspecified atom stereocenters. The highest BCUT2D eigenvalue weighted by molar-refractivity contribution is 6.44. The molecule has 0 saturated heterocycles. The van der Waals surface area contributed by atoms with Crippen LogP contribution in [0.4, 0.5) is 15.8 Å². The molecule has 0 radical (unpaired) electrons. The van der Waals surface area contributed by atoms with Crippen LogP contribution in [0.1, 0.15) is 12.2 Å². The largest absolute Gasteiger partial charge is 0.368 e. The molecule has 152 valence electrons. The van der Waals surface area contributed by atoms with Crippen molar-refractivity contribution >= 4 is 28.9 Å². The fourth-order valence-electron chi connectivity index (χ4n) is 3.09. The molecule has 30 heavy (non-hydrogen) atoms. The fraction of sp³-hybridized carbons (Fsp3) is 0.158. The highest BCUT2D eigenvalue weighted by Gasteiger charge is 2.35. The summed E-state index contributed by atoms with van der Waals surface area (Å²) in [5.74, 6) is -1.39. The van der Waals surface area contributed by atoms with Crippen molar-refractivity contribution in [1.82, 2.24) is 20.2 Å². The summed E-state index contributed by atoms with van der Waals surface area (Å²) in [5.41, 5.74) is 6.57. The van der Waals surface area contributed by atoms with Crippen molar-refractivity contribution in [3.8, 4) is 5.69 Å². The van der Waals surface area contributed by atoms with Gasteiger partial charge in [-0.15, -0.1) is 5.10 Å². The maximum atomic E-state index is 14.3. The Kier molecular flexibility index (Phi) is 4.92. The number of tetrazole rings is 1. The summed E-state index contributed by atoms with van der Waals surface area (Å²) >= 11 is 0. The van der Waals surface area contributed by atoms with Gasteiger partial charge in [-0.2, -0.15) is 9.78 Å². The summed E-state index contributed by atoms with van der Waals surface area (Å²) in [7, 11) is 0. The Bertz CT molecular complexity index is 1140. The van der Waals surface area contributed by atoms with Gasteiger partial charge in [0.1, 0.15) is 17.6 Å². The molecular formula is C19H17FN8O2. The highest BCUT2D eigenvalue weighted by Crippen LogP contribution is 2.25. The van der Waals surface area contributed by atoms with Crippen molar-refractivity contribution in [3.05, 3.63) is 60.2 Å². The lowest BCUT2D eigenvalue weighted by Gasteiger charge is -2.20. The maximum Gasteiger partial charge on any atom is 0.272 e. The van der Waals surface area contributed by atoms with Gasteiger partial charge in [-0.05, 0) is 47.7 Å². The van der Waals surface area contributed by atoms with Crippen LogP contribution >= 0.6 is 0 Å². The topological polar surface area (TPSA) is 131 Å². The van der Waals surface area contributed by atoms with E-state index in [2.05, 4.69) is 25.9 Å². The number of hydrogen-bond donors (Lipinski definition) is 2. The van der Waals surface area contributed by atoms with Crippen LogP contribution in [0, 0.1) is 12.7 Å². The van der Waals surface area contributed by atoms with E-state index in [9.17, 15) is 14.0 Å². The number of halogens is 1. The first-order valence-corrected chi connectivity index (χ1v) is 9.01. The van der Waals surface area contributed by atoms with Crippen molar-refractivity contribution in [1.29, 1.82) is 0 Å². The van der Waals surface area contributed by atoms with Gasteiger partial charge in [-0.1, -0.05) is 18.2 Å². The number of primary amides is 1. The van der Waals surface area contributed by atoms with E-state index < -0.39 is 23.7 Å². The second kappa shape index (κ2) is 7.70. The standard InChI is InChI=1S/C19H17FN8O2/c1-11-23-25-26-27(11)13-7-8-14(20)15(9-13)22-19(30)16-10-17(18(21)29)28(24-16)12-5-3-2-4-6-12/h2-9,17H,10H2,1H3,(H2,21,29)(H,22,30). The van der Waals surface area contributed by atoms with E-state index in [0.29, 0.717) is 17.2 Å². The van der Waals surface area contributed by atoms with Crippen LogP contribution in [0.2, 0.25) is 0 Å². The van der Waals surface area contributed by atoms with Gasteiger partial charge in [0, 0.05) is 6.42 Å². The molecule has 0 saturated carbocycles. The molecule has 0 spiro atoms. The van der Waals surface area contributed by atoms with Crippen LogP contribution in [-0.2, 0) is 9.59 Å². The first-order chi connectivity index (χ1) is 14.4. The van der Waals surface area contributed by atoms with E-state index in [-0.39, 0.29) is 17.8 Å². The summed E-state index contributed by atoms with van der Waals surface area (Å²) < 4.78 is 15.7. The molecule has 1 atom stereocenters. The molecule has 0 aliphatic carbocycles. The monoisotopic (exact) mass is 408 g/mol. The van der Waals surface area contributed by atoms with Crippen LogP contribution in [0.15, 0.2) is 53.6 Å². The Morgan fingerprint density at radius 3 is 2.60 bits per heavy atom. The summed E-state index contributed by atoms with van der Waals surface area (Å²) in [5, 5.41) is 19.3. The number of hydrogen-bond acceptors (Lipinski definition) is 7. The Labute approximate surface area is 170 Å². The van der Waals surface area contributed by atoms with Crippen molar-refractivity contribution in [2.45, 2.75) is 19.4 Å². The van der Waals surface area contributed by atoms with Gasteiger partial charge in [-0.3, -0.25) is 14.6 Å². The lowest BCUT2D eigenvalue weighted by molar-refractivity contribution is -0.119. The molecule has 11 heteroatoms. The van der Waals surface area contributed by atoms with Crippen molar-refractivity contribution in [2.75, 3.05) is 10.3 Å². The van der Waals surface area contributed by atoms with Crippen LogP contribution in [0.3, 0.4) is 0 Å². The summed E-state index contributed by atoms with van der Waals surface area (Å²) in [6.45, 7) is 1.69. The zero-order chi connectivity index (χ0) is 21.3. The van der Waals surface area contributed by atoms with Gasteiger partial charge in [-0.25, -0.2) is 4.39 Å². The van der Waals surface area contributed by atoms with Gasteiger partial charge >= 0.3 is 0 Å². The van der Waals surface area contributed by atoms with Crippen LogP contribution < -0.4 is 16.1 Å². The minimum absolute atomic E-state index is 0.00345. The minimum Gasteiger partial charge on any atom is -0.368 e. The van der Waals surface area contributed by atoms with Crippen LogP contribution in [0.5, 0.6) is 0 Å². The molecule has 1 aromatic heterocycles. The van der Waals surface area contributed by atoms with Crippen molar-refractivity contribution < 1.29 is 14.0 Å². The Morgan fingerprint density at radius 1 is 1.17 bits per heavy atom. The predicted octanol–water partition coefficient (Wildman–Crippen LogP) is 1.17. The minimum atomic E-state index is -0.812. The quantitative estimate of drug-likeness (QED) is 0.651. The molecule has 4 rings (SSSR count). The molecule has 1 aliphatic rings. The van der Waals surface area contributed by atoms with Gasteiger partial charge in [0.15, 0.2) is 5.82 Å². The first-order valence-electron chi connectivity index (χ1n) is 9.01. The third-order valence-electron chi connectivity index (χ3n) is 4.59. The summed E-state index contributed by atoms with van der Waals surface area (Å²) in [6.07, 6.45) is 0.00345. The SMILES string of the molecule is Cc1nnnn1-c1ccc(F)c(NC(=O)C2=NN(c3ccccc3)C(C(N)=O)C2)c1. The summed E-state index contributed by atoms with van der Waals surface area (Å²) in [4.78, 5) is 24.6. The molecule has 2 amide bonds. The van der Waals surface area contributed by atoms with E-state index in [0.717, 1.165) is 0 Å². The van der Waals surface area contributed by atoms with Crippen LogP contribution in [-0.4, -0.2) is 43.8 Å². The number of benzene rings is 2. The second-order valence-corrected chi connectivity index (χ2v) is 6.61. The molecular weight excluding hydrogens is 391 g/mol. The molecule has 1 aliphatic heterocycles. The molecule has 2 heterocycles. The highest BCUT2D eigenvalue weighted by atomic mass is 19.1. The lowest BCUT2D eigenvalue weighted by Crippen LogP contribution is -2.39. The molecule has 0 fully saturated rings.